The lowest BCUT2D eigenvalue weighted by Gasteiger charge is -2.25. The number of nitrogens with zero attached hydrogens (tertiary/aromatic N) is 2. The van der Waals surface area contributed by atoms with Crippen molar-refractivity contribution in [2.75, 3.05) is 26.1 Å². The molecule has 2 aromatic rings. The number of amides is 2. The first-order valence-corrected chi connectivity index (χ1v) is 8.27. The quantitative estimate of drug-likeness (QED) is 0.915. The van der Waals surface area contributed by atoms with E-state index in [-0.39, 0.29) is 12.1 Å². The summed E-state index contributed by atoms with van der Waals surface area (Å²) in [6.45, 7) is 4.49. The maximum absolute atomic E-state index is 12.8. The van der Waals surface area contributed by atoms with Gasteiger partial charge < -0.3 is 24.2 Å². The van der Waals surface area contributed by atoms with Crippen LogP contribution in [0.5, 0.6) is 11.5 Å². The van der Waals surface area contributed by atoms with E-state index in [0.717, 1.165) is 29.9 Å². The van der Waals surface area contributed by atoms with Gasteiger partial charge in [0.2, 0.25) is 0 Å². The number of carbonyl (C=O) groups is 1. The van der Waals surface area contributed by atoms with E-state index in [0.29, 0.717) is 23.7 Å². The first-order chi connectivity index (χ1) is 12.0. The van der Waals surface area contributed by atoms with Gasteiger partial charge in [0.25, 0.3) is 0 Å². The maximum atomic E-state index is 12.8. The Balaban J connectivity index is 1.81. The predicted octanol–water partition coefficient (Wildman–Crippen LogP) is 3.68. The van der Waals surface area contributed by atoms with Crippen LogP contribution < -0.4 is 14.8 Å². The van der Waals surface area contributed by atoms with Gasteiger partial charge in [-0.2, -0.15) is 0 Å². The summed E-state index contributed by atoms with van der Waals surface area (Å²) < 4.78 is 15.8. The van der Waals surface area contributed by atoms with Crippen LogP contribution >= 0.6 is 0 Å². The molecule has 1 aromatic heterocycles. The number of benzene rings is 1. The van der Waals surface area contributed by atoms with Crippen molar-refractivity contribution in [2.45, 2.75) is 32.7 Å². The summed E-state index contributed by atoms with van der Waals surface area (Å²) in [7, 11) is 3.16. The number of methoxy groups -OCH3 is 2. The molecule has 0 radical (unpaired) electrons. The van der Waals surface area contributed by atoms with Gasteiger partial charge in [0.1, 0.15) is 17.3 Å². The highest BCUT2D eigenvalue weighted by Gasteiger charge is 2.33. The average Bonchev–Trinajstić information content (AvgIpc) is 3.20. The molecule has 0 aliphatic carbocycles. The van der Waals surface area contributed by atoms with Gasteiger partial charge >= 0.3 is 6.03 Å². The first kappa shape index (κ1) is 17.1. The van der Waals surface area contributed by atoms with E-state index in [1.54, 1.807) is 32.4 Å². The molecule has 2 heterocycles. The molecule has 1 fully saturated rings. The van der Waals surface area contributed by atoms with Crippen molar-refractivity contribution in [1.82, 2.24) is 10.1 Å². The molecule has 7 nitrogen and oxygen atoms in total. The van der Waals surface area contributed by atoms with Gasteiger partial charge in [-0.1, -0.05) is 5.16 Å². The fourth-order valence-electron chi connectivity index (χ4n) is 3.35. The molecular weight excluding hydrogens is 322 g/mol. The zero-order chi connectivity index (χ0) is 18.0. The number of aryl methyl sites for hydroxylation is 2. The standard InChI is InChI=1S/C18H23N3O4/c1-11-17(12(2)25-20-11)16-6-5-7-21(16)18(22)19-13-8-14(23-3)10-15(9-13)24-4/h8-10,16H,5-7H2,1-4H3,(H,19,22)/t16-/m0/s1. The number of hydrogen-bond acceptors (Lipinski definition) is 5. The second kappa shape index (κ2) is 7.04. The second-order valence-electron chi connectivity index (χ2n) is 6.12. The summed E-state index contributed by atoms with van der Waals surface area (Å²) in [6, 6.07) is 5.12. The van der Waals surface area contributed by atoms with E-state index in [9.17, 15) is 4.79 Å². The number of carbonyl (C=O) groups excluding carboxylic acids is 1. The molecule has 3 rings (SSSR count). The SMILES string of the molecule is COc1cc(NC(=O)N2CCC[C@H]2c2c(C)noc2C)cc(OC)c1. The number of hydrogen-bond donors (Lipinski definition) is 1. The van der Waals surface area contributed by atoms with Crippen molar-refractivity contribution in [3.63, 3.8) is 0 Å². The van der Waals surface area contributed by atoms with Gasteiger partial charge in [-0.25, -0.2) is 4.79 Å². The van der Waals surface area contributed by atoms with Crippen molar-refractivity contribution in [2.24, 2.45) is 0 Å². The summed E-state index contributed by atoms with van der Waals surface area (Å²) >= 11 is 0. The third-order valence-corrected chi connectivity index (χ3v) is 4.54. The average molecular weight is 345 g/mol. The fraction of sp³-hybridized carbons (Fsp3) is 0.444. The molecule has 0 bridgehead atoms. The molecule has 7 heteroatoms. The second-order valence-corrected chi connectivity index (χ2v) is 6.12. The number of aromatic nitrogens is 1. The lowest BCUT2D eigenvalue weighted by atomic mass is 10.0. The van der Waals surface area contributed by atoms with Gasteiger partial charge in [0, 0.05) is 36.0 Å². The van der Waals surface area contributed by atoms with Crippen LogP contribution in [-0.2, 0) is 0 Å². The van der Waals surface area contributed by atoms with E-state index in [1.807, 2.05) is 18.7 Å². The Labute approximate surface area is 146 Å². The molecule has 0 unspecified atom stereocenters. The molecule has 0 spiro atoms. The van der Waals surface area contributed by atoms with Gasteiger partial charge in [-0.15, -0.1) is 0 Å². The van der Waals surface area contributed by atoms with E-state index in [1.165, 1.54) is 0 Å². The summed E-state index contributed by atoms with van der Waals surface area (Å²) in [5.74, 6) is 2.02. The highest BCUT2D eigenvalue weighted by molar-refractivity contribution is 5.90. The highest BCUT2D eigenvalue weighted by Crippen LogP contribution is 2.36. The number of ether oxygens (including phenoxy) is 2. The fourth-order valence-corrected chi connectivity index (χ4v) is 3.35. The number of anilines is 1. The summed E-state index contributed by atoms with van der Waals surface area (Å²) in [5.41, 5.74) is 2.48. The van der Waals surface area contributed by atoms with E-state index in [4.69, 9.17) is 14.0 Å². The number of urea groups is 1. The van der Waals surface area contributed by atoms with E-state index in [2.05, 4.69) is 10.5 Å². The smallest absolute Gasteiger partial charge is 0.322 e. The Morgan fingerprint density at radius 3 is 2.48 bits per heavy atom. The minimum absolute atomic E-state index is 0.0150. The maximum Gasteiger partial charge on any atom is 0.322 e. The molecule has 1 aliphatic heterocycles. The number of likely N-dealkylation sites (tertiary alicyclic amines) is 1. The molecule has 1 aromatic carbocycles. The third-order valence-electron chi connectivity index (χ3n) is 4.54. The Morgan fingerprint density at radius 1 is 1.24 bits per heavy atom. The highest BCUT2D eigenvalue weighted by atomic mass is 16.5. The molecule has 134 valence electrons. The van der Waals surface area contributed by atoms with Crippen molar-refractivity contribution < 1.29 is 18.8 Å². The lowest BCUT2D eigenvalue weighted by Crippen LogP contribution is -2.34. The monoisotopic (exact) mass is 345 g/mol. The van der Waals surface area contributed by atoms with Gasteiger partial charge in [-0.3, -0.25) is 0 Å². The molecule has 1 atom stereocenters. The zero-order valence-corrected chi connectivity index (χ0v) is 15.0. The largest absolute Gasteiger partial charge is 0.497 e. The number of rotatable bonds is 4. The molecule has 25 heavy (non-hydrogen) atoms. The van der Waals surface area contributed by atoms with Gasteiger partial charge in [0.15, 0.2) is 0 Å². The summed E-state index contributed by atoms with van der Waals surface area (Å²) in [4.78, 5) is 14.7. The minimum Gasteiger partial charge on any atom is -0.497 e. The van der Waals surface area contributed by atoms with Gasteiger partial charge in [0.05, 0.1) is 26.0 Å². The first-order valence-electron chi connectivity index (χ1n) is 8.27. The topological polar surface area (TPSA) is 76.8 Å². The Bertz CT molecular complexity index is 730. The van der Waals surface area contributed by atoms with Crippen molar-refractivity contribution in [3.8, 4) is 11.5 Å². The Kier molecular flexibility index (Phi) is 4.83. The third kappa shape index (κ3) is 3.40. The number of nitrogens with one attached hydrogen (secondary N) is 1. The van der Waals surface area contributed by atoms with Crippen LogP contribution in [-0.4, -0.2) is 36.9 Å². The summed E-state index contributed by atoms with van der Waals surface area (Å²) in [6.07, 6.45) is 1.85. The molecule has 2 amide bonds. The molecule has 0 saturated carbocycles. The van der Waals surface area contributed by atoms with Crippen molar-refractivity contribution in [3.05, 3.63) is 35.2 Å². The van der Waals surface area contributed by atoms with Crippen LogP contribution in [0.15, 0.2) is 22.7 Å². The lowest BCUT2D eigenvalue weighted by molar-refractivity contribution is 0.206. The van der Waals surface area contributed by atoms with Crippen LogP contribution in [0.25, 0.3) is 0 Å². The summed E-state index contributed by atoms with van der Waals surface area (Å²) in [5, 5.41) is 6.96. The van der Waals surface area contributed by atoms with Crippen LogP contribution in [0.1, 0.15) is 35.9 Å². The Morgan fingerprint density at radius 2 is 1.92 bits per heavy atom. The Hall–Kier alpha value is -2.70. The molecular formula is C18H23N3O4. The molecule has 1 saturated heterocycles. The zero-order valence-electron chi connectivity index (χ0n) is 15.0. The molecule has 1 aliphatic rings. The molecule has 1 N–H and O–H groups in total. The van der Waals surface area contributed by atoms with Crippen LogP contribution in [0.2, 0.25) is 0 Å². The van der Waals surface area contributed by atoms with E-state index < -0.39 is 0 Å². The van der Waals surface area contributed by atoms with Crippen LogP contribution in [0.3, 0.4) is 0 Å². The van der Waals surface area contributed by atoms with E-state index >= 15 is 0 Å². The van der Waals surface area contributed by atoms with Crippen LogP contribution in [0, 0.1) is 13.8 Å². The van der Waals surface area contributed by atoms with Crippen LogP contribution in [0.4, 0.5) is 10.5 Å². The van der Waals surface area contributed by atoms with Crippen molar-refractivity contribution in [1.29, 1.82) is 0 Å². The normalized spacial score (nSPS) is 16.8. The minimum atomic E-state index is -0.155. The predicted molar refractivity (Wildman–Crippen MR) is 93.2 cm³/mol. The van der Waals surface area contributed by atoms with Gasteiger partial charge in [-0.05, 0) is 26.7 Å². The van der Waals surface area contributed by atoms with Crippen molar-refractivity contribution >= 4 is 11.7 Å².